The number of rotatable bonds is 2. The molecule has 2 aromatic carbocycles. The van der Waals surface area contributed by atoms with Crippen molar-refractivity contribution in [1.82, 2.24) is 0 Å². The Kier molecular flexibility index (Phi) is 4.51. The number of Topliss-reactive ketones (excluding diaryl/α,β-unsaturated/α-hetero) is 4. The molecule has 0 spiro atoms. The third kappa shape index (κ3) is 3.00. The SMILES string of the molecule is CC1(C)c2cc(/C=C3\C(=O)C(=O)c4ccccc43)sc2-c2sc(/C=C3\C(=O)C(=O)c4ccccc43)cc21. The standard InChI is InChI=1S/C31H18O4S2/c1-31(2)23-13-15(11-21-17-7-3-5-9-19(17)25(32)27(21)34)36-29(23)30-24(31)14-16(37-30)12-22-18-8-4-6-10-20(18)26(33)28(22)35/h3-14H,1-2H3/b21-11-,22-12-. The van der Waals surface area contributed by atoms with E-state index >= 15 is 0 Å². The molecule has 178 valence electrons. The fourth-order valence-electron chi connectivity index (χ4n) is 5.51. The van der Waals surface area contributed by atoms with Gasteiger partial charge in [0.15, 0.2) is 0 Å². The molecule has 2 heterocycles. The molecule has 3 aliphatic carbocycles. The molecule has 37 heavy (non-hydrogen) atoms. The van der Waals surface area contributed by atoms with Gasteiger partial charge in [0, 0.05) is 47.2 Å². The Morgan fingerprint density at radius 3 is 1.35 bits per heavy atom. The van der Waals surface area contributed by atoms with Gasteiger partial charge in [0.1, 0.15) is 0 Å². The number of fused-ring (bicyclic) bond motifs is 5. The summed E-state index contributed by atoms with van der Waals surface area (Å²) in [6, 6.07) is 18.5. The number of hydrogen-bond acceptors (Lipinski definition) is 6. The fraction of sp³-hybridized carbons (Fsp3) is 0.0968. The summed E-state index contributed by atoms with van der Waals surface area (Å²) in [6.45, 7) is 4.34. The normalized spacial score (nSPS) is 19.1. The van der Waals surface area contributed by atoms with Gasteiger partial charge in [-0.05, 0) is 46.5 Å². The zero-order valence-corrected chi connectivity index (χ0v) is 21.5. The van der Waals surface area contributed by atoms with Crippen molar-refractivity contribution in [2.24, 2.45) is 0 Å². The van der Waals surface area contributed by atoms with Gasteiger partial charge in [-0.1, -0.05) is 62.4 Å². The number of allylic oxidation sites excluding steroid dienone is 2. The van der Waals surface area contributed by atoms with Crippen LogP contribution in [0.2, 0.25) is 0 Å². The highest BCUT2D eigenvalue weighted by Gasteiger charge is 2.40. The van der Waals surface area contributed by atoms with Crippen LogP contribution < -0.4 is 0 Å². The number of thiophene rings is 2. The first-order valence-electron chi connectivity index (χ1n) is 11.8. The van der Waals surface area contributed by atoms with Gasteiger partial charge in [-0.2, -0.15) is 0 Å². The Balaban J connectivity index is 1.31. The van der Waals surface area contributed by atoms with Gasteiger partial charge >= 0.3 is 0 Å². The molecule has 6 heteroatoms. The second-order valence-corrected chi connectivity index (χ2v) is 12.1. The molecule has 0 amide bonds. The molecule has 0 unspecified atom stereocenters. The molecule has 0 radical (unpaired) electrons. The van der Waals surface area contributed by atoms with E-state index in [9.17, 15) is 19.2 Å². The maximum Gasteiger partial charge on any atom is 0.234 e. The third-order valence-electron chi connectivity index (χ3n) is 7.45. The lowest BCUT2D eigenvalue weighted by atomic mass is 9.83. The Bertz CT molecular complexity index is 1690. The molecule has 0 saturated heterocycles. The van der Waals surface area contributed by atoms with Crippen LogP contribution in [0.15, 0.2) is 60.7 Å². The summed E-state index contributed by atoms with van der Waals surface area (Å²) < 4.78 is 0. The van der Waals surface area contributed by atoms with Crippen LogP contribution in [0.4, 0.5) is 0 Å². The number of carbonyl (C=O) groups is 4. The lowest BCUT2D eigenvalue weighted by molar-refractivity contribution is -0.110. The minimum atomic E-state index is -0.462. The molecule has 0 fully saturated rings. The zero-order valence-electron chi connectivity index (χ0n) is 19.9. The van der Waals surface area contributed by atoms with Crippen LogP contribution in [-0.2, 0) is 15.0 Å². The number of hydrogen-bond donors (Lipinski definition) is 0. The average molecular weight is 519 g/mol. The van der Waals surface area contributed by atoms with Crippen molar-refractivity contribution in [3.63, 3.8) is 0 Å². The highest BCUT2D eigenvalue weighted by Crippen LogP contribution is 2.56. The molecule has 0 saturated carbocycles. The summed E-state index contributed by atoms with van der Waals surface area (Å²) in [5.74, 6) is -1.83. The maximum absolute atomic E-state index is 12.7. The highest BCUT2D eigenvalue weighted by atomic mass is 32.1. The van der Waals surface area contributed by atoms with Crippen molar-refractivity contribution in [3.05, 3.63) is 104 Å². The Labute approximate surface area is 220 Å². The van der Waals surface area contributed by atoms with Gasteiger partial charge in [-0.25, -0.2) is 0 Å². The second kappa shape index (κ2) is 7.51. The minimum Gasteiger partial charge on any atom is -0.285 e. The van der Waals surface area contributed by atoms with E-state index < -0.39 is 23.1 Å². The van der Waals surface area contributed by atoms with E-state index in [1.54, 1.807) is 46.9 Å². The van der Waals surface area contributed by atoms with E-state index in [0.717, 1.165) is 19.5 Å². The third-order valence-corrected chi connectivity index (χ3v) is 9.78. The van der Waals surface area contributed by atoms with Crippen molar-refractivity contribution in [2.75, 3.05) is 0 Å². The Morgan fingerprint density at radius 1 is 0.568 bits per heavy atom. The van der Waals surface area contributed by atoms with Crippen molar-refractivity contribution in [3.8, 4) is 9.75 Å². The van der Waals surface area contributed by atoms with E-state index in [1.807, 2.05) is 36.4 Å². The second-order valence-electron chi connectivity index (χ2n) is 9.93. The van der Waals surface area contributed by atoms with Gasteiger partial charge in [0.25, 0.3) is 0 Å². The first kappa shape index (κ1) is 22.2. The lowest BCUT2D eigenvalue weighted by Crippen LogP contribution is -2.13. The first-order valence-corrected chi connectivity index (χ1v) is 13.5. The number of ketones is 4. The summed E-state index contributed by atoms with van der Waals surface area (Å²) >= 11 is 3.21. The highest BCUT2D eigenvalue weighted by molar-refractivity contribution is 7.23. The van der Waals surface area contributed by atoms with E-state index in [4.69, 9.17) is 0 Å². The van der Waals surface area contributed by atoms with E-state index in [2.05, 4.69) is 26.0 Å². The summed E-state index contributed by atoms with van der Waals surface area (Å²) in [7, 11) is 0. The summed E-state index contributed by atoms with van der Waals surface area (Å²) in [4.78, 5) is 54.4. The molecule has 7 rings (SSSR count). The van der Waals surface area contributed by atoms with Gasteiger partial charge < -0.3 is 0 Å². The quantitative estimate of drug-likeness (QED) is 0.218. The predicted molar refractivity (Wildman–Crippen MR) is 147 cm³/mol. The number of carbonyl (C=O) groups excluding carboxylic acids is 4. The summed E-state index contributed by atoms with van der Waals surface area (Å²) in [5.41, 5.74) is 5.30. The largest absolute Gasteiger partial charge is 0.285 e. The summed E-state index contributed by atoms with van der Waals surface area (Å²) in [5, 5.41) is 0. The van der Waals surface area contributed by atoms with E-state index in [-0.39, 0.29) is 5.41 Å². The Morgan fingerprint density at radius 2 is 0.946 bits per heavy atom. The van der Waals surface area contributed by atoms with Crippen LogP contribution in [0.1, 0.15) is 66.6 Å². The maximum atomic E-state index is 12.7. The van der Waals surface area contributed by atoms with Gasteiger partial charge in [-0.15, -0.1) is 22.7 Å². The van der Waals surface area contributed by atoms with Crippen LogP contribution in [-0.4, -0.2) is 23.1 Å². The minimum absolute atomic E-state index is 0.258. The van der Waals surface area contributed by atoms with Crippen molar-refractivity contribution < 1.29 is 19.2 Å². The van der Waals surface area contributed by atoms with Gasteiger partial charge in [0.2, 0.25) is 23.1 Å². The van der Waals surface area contributed by atoms with Crippen molar-refractivity contribution in [2.45, 2.75) is 19.3 Å². The van der Waals surface area contributed by atoms with Crippen LogP contribution in [0.25, 0.3) is 33.1 Å². The molecule has 4 aromatic rings. The van der Waals surface area contributed by atoms with Crippen LogP contribution in [0.3, 0.4) is 0 Å². The Hall–Kier alpha value is -4.00. The summed E-state index contributed by atoms with van der Waals surface area (Å²) in [6.07, 6.45) is 3.67. The molecule has 2 aromatic heterocycles. The smallest absolute Gasteiger partial charge is 0.234 e. The van der Waals surface area contributed by atoms with Crippen LogP contribution in [0.5, 0.6) is 0 Å². The topological polar surface area (TPSA) is 68.3 Å². The monoisotopic (exact) mass is 518 g/mol. The first-order chi connectivity index (χ1) is 17.8. The van der Waals surface area contributed by atoms with E-state index in [1.165, 1.54) is 11.1 Å². The molecule has 4 nitrogen and oxygen atoms in total. The molecule has 0 atom stereocenters. The van der Waals surface area contributed by atoms with Gasteiger partial charge in [0.05, 0.1) is 0 Å². The van der Waals surface area contributed by atoms with Crippen molar-refractivity contribution in [1.29, 1.82) is 0 Å². The van der Waals surface area contributed by atoms with Crippen LogP contribution in [0, 0.1) is 0 Å². The molecule has 0 N–H and O–H groups in total. The van der Waals surface area contributed by atoms with E-state index in [0.29, 0.717) is 33.4 Å². The molecule has 0 bridgehead atoms. The molecule has 0 aliphatic heterocycles. The van der Waals surface area contributed by atoms with Gasteiger partial charge in [-0.3, -0.25) is 19.2 Å². The number of benzene rings is 2. The molecular formula is C31H18O4S2. The molecule has 3 aliphatic rings. The van der Waals surface area contributed by atoms with Crippen molar-refractivity contribution >= 4 is 69.1 Å². The average Bonchev–Trinajstić information content (AvgIpc) is 3.66. The van der Waals surface area contributed by atoms with Crippen LogP contribution >= 0.6 is 22.7 Å². The molecular weight excluding hydrogens is 500 g/mol. The fourth-order valence-corrected chi connectivity index (χ4v) is 8.19. The zero-order chi connectivity index (χ0) is 25.6. The lowest BCUT2D eigenvalue weighted by Gasteiger charge is -2.19. The predicted octanol–water partition coefficient (Wildman–Crippen LogP) is 6.73.